The number of halogens is 3. The van der Waals surface area contributed by atoms with Crippen molar-refractivity contribution in [1.29, 1.82) is 0 Å². The first-order valence-electron chi connectivity index (χ1n) is 13.4. The number of nitrogens with one attached hydrogen (secondary N) is 2. The molecule has 0 radical (unpaired) electrons. The van der Waals surface area contributed by atoms with Gasteiger partial charge in [0.2, 0.25) is 11.8 Å². The molecule has 1 saturated carbocycles. The Kier molecular flexibility index (Phi) is 7.43. The van der Waals surface area contributed by atoms with E-state index in [4.69, 9.17) is 4.52 Å². The third-order valence-electron chi connectivity index (χ3n) is 7.10. The summed E-state index contributed by atoms with van der Waals surface area (Å²) in [6.07, 6.45) is -3.68. The normalized spacial score (nSPS) is 18.5. The van der Waals surface area contributed by atoms with Gasteiger partial charge in [0.05, 0.1) is 11.8 Å². The van der Waals surface area contributed by atoms with E-state index in [1.54, 1.807) is 17.9 Å². The van der Waals surface area contributed by atoms with Gasteiger partial charge in [-0.3, -0.25) is 4.79 Å². The highest BCUT2D eigenvalue weighted by Gasteiger charge is 2.47. The molecule has 0 unspecified atom stereocenters. The van der Waals surface area contributed by atoms with Crippen LogP contribution in [-0.2, 0) is 24.3 Å². The largest absolute Gasteiger partial charge is 0.573 e. The van der Waals surface area contributed by atoms with Crippen LogP contribution >= 0.6 is 0 Å². The van der Waals surface area contributed by atoms with E-state index >= 15 is 0 Å². The number of alkyl halides is 3. The molecule has 2 aromatic carbocycles. The fourth-order valence-electron chi connectivity index (χ4n) is 5.15. The van der Waals surface area contributed by atoms with Crippen molar-refractivity contribution in [3.63, 3.8) is 0 Å². The maximum atomic E-state index is 13.0. The smallest absolute Gasteiger partial charge is 0.406 e. The molecule has 218 valence electrons. The molecule has 1 aliphatic heterocycles. The number of aryl methyl sites for hydroxylation is 1. The summed E-state index contributed by atoms with van der Waals surface area (Å²) in [7, 11) is 0. The Morgan fingerprint density at radius 3 is 2.61 bits per heavy atom. The summed E-state index contributed by atoms with van der Waals surface area (Å²) < 4.78 is 47.9. The van der Waals surface area contributed by atoms with Crippen LogP contribution in [0.5, 0.6) is 5.75 Å². The number of hydrogen-bond acceptors (Lipinski definition) is 6. The highest BCUT2D eigenvalue weighted by atomic mass is 19.4. The molecule has 1 aromatic heterocycles. The van der Waals surface area contributed by atoms with Crippen molar-refractivity contribution in [2.24, 2.45) is 5.92 Å². The van der Waals surface area contributed by atoms with Gasteiger partial charge >= 0.3 is 12.4 Å². The number of ether oxygens (including phenoxy) is 1. The van der Waals surface area contributed by atoms with Gasteiger partial charge in [-0.05, 0) is 80.5 Å². The van der Waals surface area contributed by atoms with Crippen LogP contribution in [-0.4, -0.2) is 45.4 Å². The first-order valence-corrected chi connectivity index (χ1v) is 13.4. The van der Waals surface area contributed by atoms with Crippen molar-refractivity contribution in [3.8, 4) is 16.9 Å². The summed E-state index contributed by atoms with van der Waals surface area (Å²) in [4.78, 5) is 31.9. The number of urea groups is 1. The average molecular weight is 572 g/mol. The molecule has 5 rings (SSSR count). The van der Waals surface area contributed by atoms with Gasteiger partial charge in [-0.25, -0.2) is 4.79 Å². The Morgan fingerprint density at radius 2 is 1.93 bits per heavy atom. The first kappa shape index (κ1) is 28.4. The van der Waals surface area contributed by atoms with Crippen molar-refractivity contribution >= 4 is 11.9 Å². The van der Waals surface area contributed by atoms with Gasteiger partial charge in [0, 0.05) is 25.2 Å². The summed E-state index contributed by atoms with van der Waals surface area (Å²) in [5, 5.41) is 9.78. The van der Waals surface area contributed by atoms with Crippen LogP contribution in [0.25, 0.3) is 11.1 Å². The molecular weight excluding hydrogens is 539 g/mol. The van der Waals surface area contributed by atoms with Crippen LogP contribution in [0.1, 0.15) is 61.5 Å². The molecule has 2 aliphatic rings. The minimum absolute atomic E-state index is 0.102. The number of rotatable bonds is 6. The maximum absolute atomic E-state index is 13.0. The fraction of sp³-hybridized carbons (Fsp3) is 0.448. The molecular formula is C29H32F3N5O4. The van der Waals surface area contributed by atoms with E-state index in [1.807, 2.05) is 32.9 Å². The van der Waals surface area contributed by atoms with Crippen LogP contribution in [0.2, 0.25) is 0 Å². The second-order valence-electron chi connectivity index (χ2n) is 11.5. The van der Waals surface area contributed by atoms with E-state index in [9.17, 15) is 22.8 Å². The lowest BCUT2D eigenvalue weighted by atomic mass is 9.87. The molecule has 0 spiro atoms. The molecule has 2 atom stereocenters. The molecule has 12 heteroatoms. The zero-order valence-electron chi connectivity index (χ0n) is 23.3. The monoisotopic (exact) mass is 571 g/mol. The zero-order chi connectivity index (χ0) is 29.5. The number of nitrogens with zero attached hydrogens (tertiary/aromatic N) is 3. The fourth-order valence-corrected chi connectivity index (χ4v) is 5.15. The van der Waals surface area contributed by atoms with Crippen molar-refractivity contribution in [2.45, 2.75) is 71.4 Å². The molecule has 3 aromatic rings. The number of hydrogen-bond donors (Lipinski definition) is 2. The van der Waals surface area contributed by atoms with Gasteiger partial charge in [-0.2, -0.15) is 4.98 Å². The molecule has 41 heavy (non-hydrogen) atoms. The minimum atomic E-state index is -4.80. The Hall–Kier alpha value is -4.09. The Balaban J connectivity index is 1.40. The lowest BCUT2D eigenvalue weighted by Gasteiger charge is -2.34. The maximum Gasteiger partial charge on any atom is 0.573 e. The minimum Gasteiger partial charge on any atom is -0.406 e. The van der Waals surface area contributed by atoms with Crippen LogP contribution in [0.4, 0.5) is 18.0 Å². The molecule has 1 fully saturated rings. The third-order valence-corrected chi connectivity index (χ3v) is 7.10. The zero-order valence-corrected chi connectivity index (χ0v) is 23.3. The number of amides is 3. The van der Waals surface area contributed by atoms with Gasteiger partial charge in [0.15, 0.2) is 5.82 Å². The van der Waals surface area contributed by atoms with Gasteiger partial charge in [-0.15, -0.1) is 13.2 Å². The van der Waals surface area contributed by atoms with E-state index in [-0.39, 0.29) is 36.1 Å². The van der Waals surface area contributed by atoms with E-state index in [1.165, 1.54) is 18.2 Å². The predicted octanol–water partition coefficient (Wildman–Crippen LogP) is 5.23. The van der Waals surface area contributed by atoms with E-state index in [2.05, 4.69) is 25.5 Å². The molecule has 1 aliphatic carbocycles. The summed E-state index contributed by atoms with van der Waals surface area (Å²) in [6, 6.07) is 9.34. The average Bonchev–Trinajstić information content (AvgIpc) is 3.57. The highest BCUT2D eigenvalue weighted by Crippen LogP contribution is 2.47. The van der Waals surface area contributed by atoms with Crippen LogP contribution < -0.4 is 15.4 Å². The van der Waals surface area contributed by atoms with E-state index in [0.717, 1.165) is 22.3 Å². The van der Waals surface area contributed by atoms with Crippen molar-refractivity contribution in [2.75, 3.05) is 6.54 Å². The van der Waals surface area contributed by atoms with Gasteiger partial charge in [-0.1, -0.05) is 29.4 Å². The molecule has 2 heterocycles. The van der Waals surface area contributed by atoms with Gasteiger partial charge < -0.3 is 24.8 Å². The summed E-state index contributed by atoms with van der Waals surface area (Å²) in [5.41, 5.74) is 3.52. The second-order valence-corrected chi connectivity index (χ2v) is 11.5. The second kappa shape index (κ2) is 10.7. The molecule has 9 nitrogen and oxygen atoms in total. The molecule has 2 N–H and O–H groups in total. The highest BCUT2D eigenvalue weighted by molar-refractivity contribution is 5.83. The van der Waals surface area contributed by atoms with Gasteiger partial charge in [0.25, 0.3) is 0 Å². The van der Waals surface area contributed by atoms with Crippen molar-refractivity contribution in [1.82, 2.24) is 25.7 Å². The van der Waals surface area contributed by atoms with Gasteiger partial charge in [0.1, 0.15) is 5.75 Å². The van der Waals surface area contributed by atoms with E-state index in [0.29, 0.717) is 43.2 Å². The van der Waals surface area contributed by atoms with E-state index < -0.39 is 11.9 Å². The number of carbonyl (C=O) groups excluding carboxylic acids is 2. The number of carbonyl (C=O) groups is 2. The summed E-state index contributed by atoms with van der Waals surface area (Å²) in [6.45, 7) is 8.39. The number of aromatic nitrogens is 2. The Morgan fingerprint density at radius 1 is 1.15 bits per heavy atom. The molecule has 0 bridgehead atoms. The Bertz CT molecular complexity index is 1460. The standard InChI is InChI=1S/C29H32F3N5O4/c1-16-34-26(41-36-16)23-13-22(23)25(38)33-14-18-8-9-20(17-6-5-7-19(12-17)40-29(30,31)32)21-10-11-37(15-24(18)21)27(39)35-28(2,3)4/h5-9,12,22-23H,10-11,13-15H2,1-4H3,(H,33,38)(H,35,39)/t22-,23-/m1/s1. The first-order chi connectivity index (χ1) is 19.3. The lowest BCUT2D eigenvalue weighted by Crippen LogP contribution is -2.50. The quantitative estimate of drug-likeness (QED) is 0.420. The number of benzene rings is 2. The predicted molar refractivity (Wildman–Crippen MR) is 143 cm³/mol. The SMILES string of the molecule is Cc1noc([C@@H]2C[C@H]2C(=O)NCc2ccc(-c3cccc(OC(F)(F)F)c3)c3c2CN(C(=O)NC(C)(C)C)CC3)n1. The van der Waals surface area contributed by atoms with Crippen molar-refractivity contribution in [3.05, 3.63) is 64.8 Å². The van der Waals surface area contributed by atoms with Crippen LogP contribution in [0.15, 0.2) is 40.9 Å². The van der Waals surface area contributed by atoms with Crippen LogP contribution in [0, 0.1) is 12.8 Å². The van der Waals surface area contributed by atoms with Crippen molar-refractivity contribution < 1.29 is 32.0 Å². The number of fused-ring (bicyclic) bond motifs is 1. The molecule has 3 amide bonds. The third kappa shape index (κ3) is 6.80. The summed E-state index contributed by atoms with van der Waals surface area (Å²) >= 11 is 0. The molecule has 0 saturated heterocycles. The topological polar surface area (TPSA) is 110 Å². The lowest BCUT2D eigenvalue weighted by molar-refractivity contribution is -0.274. The van der Waals surface area contributed by atoms with Crippen LogP contribution in [0.3, 0.4) is 0 Å². The summed E-state index contributed by atoms with van der Waals surface area (Å²) in [5.74, 6) is 0.192. The Labute approximate surface area is 235 Å².